The third-order valence-electron chi connectivity index (χ3n) is 3.56. The van der Waals surface area contributed by atoms with Gasteiger partial charge < -0.3 is 14.6 Å². The third-order valence-corrected chi connectivity index (χ3v) is 3.56. The molecule has 0 spiro atoms. The summed E-state index contributed by atoms with van der Waals surface area (Å²) >= 11 is 0. The van der Waals surface area contributed by atoms with Crippen molar-refractivity contribution in [3.63, 3.8) is 0 Å². The van der Waals surface area contributed by atoms with Crippen molar-refractivity contribution in [2.45, 2.75) is 13.8 Å². The summed E-state index contributed by atoms with van der Waals surface area (Å²) in [6.45, 7) is 3.84. The minimum atomic E-state index is -0.433. The van der Waals surface area contributed by atoms with Gasteiger partial charge in [0.1, 0.15) is 0 Å². The molecule has 1 heterocycles. The first-order valence-electron chi connectivity index (χ1n) is 6.56. The summed E-state index contributed by atoms with van der Waals surface area (Å²) < 4.78 is 6.62. The Labute approximate surface area is 123 Å². The quantitative estimate of drug-likeness (QED) is 0.882. The molecule has 2 rings (SSSR count). The van der Waals surface area contributed by atoms with Gasteiger partial charge >= 0.3 is 5.97 Å². The van der Waals surface area contributed by atoms with Crippen LogP contribution in [-0.2, 0) is 11.8 Å². The van der Waals surface area contributed by atoms with Crippen LogP contribution in [0.25, 0.3) is 0 Å². The average molecular weight is 286 g/mol. The topological polar surface area (TPSA) is 60.3 Å². The lowest BCUT2D eigenvalue weighted by molar-refractivity contribution is 0.0600. The van der Waals surface area contributed by atoms with Crippen molar-refractivity contribution in [3.05, 3.63) is 52.8 Å². The van der Waals surface area contributed by atoms with Gasteiger partial charge in [-0.2, -0.15) is 0 Å². The number of anilines is 1. The van der Waals surface area contributed by atoms with E-state index in [0.717, 1.165) is 11.4 Å². The zero-order chi connectivity index (χ0) is 15.6. The van der Waals surface area contributed by atoms with Crippen molar-refractivity contribution in [2.24, 2.45) is 7.05 Å². The van der Waals surface area contributed by atoms with E-state index >= 15 is 0 Å². The molecule has 0 unspecified atom stereocenters. The maximum Gasteiger partial charge on any atom is 0.337 e. The molecule has 1 amide bonds. The minimum Gasteiger partial charge on any atom is -0.465 e. The van der Waals surface area contributed by atoms with Gasteiger partial charge in [-0.15, -0.1) is 0 Å². The Morgan fingerprint density at radius 1 is 1.19 bits per heavy atom. The number of aryl methyl sites for hydroxylation is 1. The van der Waals surface area contributed by atoms with E-state index in [4.69, 9.17) is 0 Å². The summed E-state index contributed by atoms with van der Waals surface area (Å²) in [5.41, 5.74) is 3.49. The van der Waals surface area contributed by atoms with Crippen LogP contribution in [0, 0.1) is 13.8 Å². The molecule has 0 fully saturated rings. The number of hydrogen-bond acceptors (Lipinski definition) is 3. The number of rotatable bonds is 3. The molecule has 0 radical (unpaired) electrons. The molecule has 0 saturated carbocycles. The van der Waals surface area contributed by atoms with E-state index in [-0.39, 0.29) is 5.91 Å². The van der Waals surface area contributed by atoms with Crippen molar-refractivity contribution < 1.29 is 14.3 Å². The highest BCUT2D eigenvalue weighted by Gasteiger charge is 2.14. The van der Waals surface area contributed by atoms with Crippen LogP contribution in [0.2, 0.25) is 0 Å². The number of carbonyl (C=O) groups excluding carboxylic acids is 2. The predicted molar refractivity (Wildman–Crippen MR) is 80.6 cm³/mol. The molecule has 5 nitrogen and oxygen atoms in total. The highest BCUT2D eigenvalue weighted by molar-refractivity contribution is 6.05. The van der Waals surface area contributed by atoms with Crippen molar-refractivity contribution in [1.29, 1.82) is 0 Å². The molecule has 0 aliphatic carbocycles. The molecule has 110 valence electrons. The van der Waals surface area contributed by atoms with E-state index < -0.39 is 5.97 Å². The molecular weight excluding hydrogens is 268 g/mol. The third kappa shape index (κ3) is 2.97. The number of methoxy groups -OCH3 is 1. The standard InChI is InChI=1S/C16H18N2O3/c1-10-8-14(11(2)18(10)3)15(19)17-13-7-5-6-12(9-13)16(20)21-4/h5-9H,1-4H3,(H,17,19). The second-order valence-corrected chi connectivity index (χ2v) is 4.87. The minimum absolute atomic E-state index is 0.196. The first kappa shape index (κ1) is 14.8. The second kappa shape index (κ2) is 5.83. The SMILES string of the molecule is COC(=O)c1cccc(NC(=O)c2cc(C)n(C)c2C)c1. The van der Waals surface area contributed by atoms with Gasteiger partial charge in [-0.05, 0) is 38.1 Å². The summed E-state index contributed by atoms with van der Waals surface area (Å²) in [4.78, 5) is 23.8. The summed E-state index contributed by atoms with van der Waals surface area (Å²) in [5.74, 6) is -0.629. The van der Waals surface area contributed by atoms with E-state index in [1.54, 1.807) is 24.3 Å². The van der Waals surface area contributed by atoms with E-state index in [9.17, 15) is 9.59 Å². The fourth-order valence-electron chi connectivity index (χ4n) is 2.13. The highest BCUT2D eigenvalue weighted by atomic mass is 16.5. The number of aromatic nitrogens is 1. The predicted octanol–water partition coefficient (Wildman–Crippen LogP) is 2.68. The molecule has 0 atom stereocenters. The summed E-state index contributed by atoms with van der Waals surface area (Å²) in [6.07, 6.45) is 0. The maximum atomic E-state index is 12.3. The molecule has 0 aliphatic heterocycles. The first-order chi connectivity index (χ1) is 9.93. The lowest BCUT2D eigenvalue weighted by Crippen LogP contribution is -2.13. The van der Waals surface area contributed by atoms with Crippen LogP contribution < -0.4 is 5.32 Å². The smallest absolute Gasteiger partial charge is 0.337 e. The Kier molecular flexibility index (Phi) is 4.12. The van der Waals surface area contributed by atoms with Crippen molar-refractivity contribution in [3.8, 4) is 0 Å². The summed E-state index contributed by atoms with van der Waals surface area (Å²) in [6, 6.07) is 8.50. The Balaban J connectivity index is 2.23. The van der Waals surface area contributed by atoms with Gasteiger partial charge in [-0.1, -0.05) is 6.07 Å². The van der Waals surface area contributed by atoms with Crippen molar-refractivity contribution in [2.75, 3.05) is 12.4 Å². The molecular formula is C16H18N2O3. The van der Waals surface area contributed by atoms with Crippen molar-refractivity contribution in [1.82, 2.24) is 4.57 Å². The lowest BCUT2D eigenvalue weighted by atomic mass is 10.2. The number of nitrogens with one attached hydrogen (secondary N) is 1. The molecule has 1 N–H and O–H groups in total. The number of benzene rings is 1. The normalized spacial score (nSPS) is 10.3. The van der Waals surface area contributed by atoms with Crippen LogP contribution in [-0.4, -0.2) is 23.6 Å². The van der Waals surface area contributed by atoms with Crippen LogP contribution in [0.5, 0.6) is 0 Å². The van der Waals surface area contributed by atoms with Gasteiger partial charge in [0.15, 0.2) is 0 Å². The van der Waals surface area contributed by atoms with Gasteiger partial charge in [0.2, 0.25) is 0 Å². The number of hydrogen-bond donors (Lipinski definition) is 1. The number of esters is 1. The van der Waals surface area contributed by atoms with Gasteiger partial charge in [0, 0.05) is 24.1 Å². The van der Waals surface area contributed by atoms with Crippen LogP contribution in [0.15, 0.2) is 30.3 Å². The van der Waals surface area contributed by atoms with Gasteiger partial charge in [0.05, 0.1) is 18.2 Å². The van der Waals surface area contributed by atoms with E-state index in [2.05, 4.69) is 10.1 Å². The van der Waals surface area contributed by atoms with Gasteiger partial charge in [-0.25, -0.2) is 4.79 Å². The van der Waals surface area contributed by atoms with Crippen molar-refractivity contribution >= 4 is 17.6 Å². The molecule has 0 aliphatic rings. The van der Waals surface area contributed by atoms with Crippen LogP contribution >= 0.6 is 0 Å². The first-order valence-corrected chi connectivity index (χ1v) is 6.56. The van der Waals surface area contributed by atoms with Crippen LogP contribution in [0.4, 0.5) is 5.69 Å². The number of nitrogens with zero attached hydrogens (tertiary/aromatic N) is 1. The highest BCUT2D eigenvalue weighted by Crippen LogP contribution is 2.17. The maximum absolute atomic E-state index is 12.3. The second-order valence-electron chi connectivity index (χ2n) is 4.87. The van der Waals surface area contributed by atoms with Gasteiger partial charge in [0.25, 0.3) is 5.91 Å². The molecule has 1 aromatic carbocycles. The summed E-state index contributed by atoms with van der Waals surface area (Å²) in [5, 5.41) is 2.80. The monoisotopic (exact) mass is 286 g/mol. The Bertz CT molecular complexity index is 702. The molecule has 2 aromatic rings. The molecule has 21 heavy (non-hydrogen) atoms. The molecule has 0 bridgehead atoms. The summed E-state index contributed by atoms with van der Waals surface area (Å²) in [7, 11) is 3.24. The molecule has 0 saturated heterocycles. The van der Waals surface area contributed by atoms with E-state index in [1.807, 2.05) is 31.5 Å². The van der Waals surface area contributed by atoms with Crippen LogP contribution in [0.3, 0.4) is 0 Å². The molecule has 5 heteroatoms. The van der Waals surface area contributed by atoms with E-state index in [1.165, 1.54) is 7.11 Å². The Morgan fingerprint density at radius 3 is 2.48 bits per heavy atom. The zero-order valence-corrected chi connectivity index (χ0v) is 12.6. The Hall–Kier alpha value is -2.56. The fraction of sp³-hybridized carbons (Fsp3) is 0.250. The lowest BCUT2D eigenvalue weighted by Gasteiger charge is -2.07. The largest absolute Gasteiger partial charge is 0.465 e. The fourth-order valence-corrected chi connectivity index (χ4v) is 2.13. The average Bonchev–Trinajstić information content (AvgIpc) is 2.74. The zero-order valence-electron chi connectivity index (χ0n) is 12.6. The van der Waals surface area contributed by atoms with Gasteiger partial charge in [-0.3, -0.25) is 4.79 Å². The Morgan fingerprint density at radius 2 is 1.90 bits per heavy atom. The number of ether oxygens (including phenoxy) is 1. The molecule has 1 aromatic heterocycles. The number of carbonyl (C=O) groups is 2. The van der Waals surface area contributed by atoms with E-state index in [0.29, 0.717) is 16.8 Å². The van der Waals surface area contributed by atoms with Crippen LogP contribution in [0.1, 0.15) is 32.1 Å². The number of amides is 1.